The number of primary sulfonamides is 1. The minimum atomic E-state index is -4.07. The van der Waals surface area contributed by atoms with Crippen LogP contribution in [0, 0.1) is 11.7 Å². The van der Waals surface area contributed by atoms with Gasteiger partial charge >= 0.3 is 0 Å². The van der Waals surface area contributed by atoms with Crippen molar-refractivity contribution >= 4 is 26.0 Å². The molecule has 1 aromatic heterocycles. The summed E-state index contributed by atoms with van der Waals surface area (Å²) in [5.41, 5.74) is 5.14. The van der Waals surface area contributed by atoms with Crippen molar-refractivity contribution in [2.24, 2.45) is 11.1 Å². The normalized spacial score (nSPS) is 14.4. The lowest BCUT2D eigenvalue weighted by molar-refractivity contribution is 0.567. The van der Waals surface area contributed by atoms with Crippen LogP contribution in [0.3, 0.4) is 0 Å². The van der Waals surface area contributed by atoms with Crippen LogP contribution in [-0.2, 0) is 22.9 Å². The highest BCUT2D eigenvalue weighted by molar-refractivity contribution is 9.10. The van der Waals surface area contributed by atoms with E-state index in [1.807, 2.05) is 24.4 Å². The van der Waals surface area contributed by atoms with Crippen molar-refractivity contribution in [3.05, 3.63) is 75.8 Å². The molecule has 0 bridgehead atoms. The van der Waals surface area contributed by atoms with Gasteiger partial charge in [0.15, 0.2) is 0 Å². The first-order valence-electron chi connectivity index (χ1n) is 9.07. The summed E-state index contributed by atoms with van der Waals surface area (Å²) in [6, 6.07) is 12.2. The van der Waals surface area contributed by atoms with Crippen LogP contribution in [0.1, 0.15) is 29.7 Å². The number of nitrogens with one attached hydrogen (secondary N) is 1. The molecule has 7 heteroatoms. The average molecular weight is 463 g/mol. The minimum Gasteiger partial charge on any atom is -0.364 e. The molecule has 3 aromatic rings. The minimum absolute atomic E-state index is 0.476. The van der Waals surface area contributed by atoms with Crippen molar-refractivity contribution in [2.75, 3.05) is 0 Å². The second kappa shape index (κ2) is 7.46. The Hall–Kier alpha value is -1.96. The molecule has 0 amide bonds. The quantitative estimate of drug-likeness (QED) is 0.553. The van der Waals surface area contributed by atoms with Crippen molar-refractivity contribution in [2.45, 2.75) is 30.6 Å². The molecule has 2 aromatic carbocycles. The Kier molecular flexibility index (Phi) is 5.16. The zero-order valence-corrected chi connectivity index (χ0v) is 17.5. The van der Waals surface area contributed by atoms with Gasteiger partial charge in [-0.25, -0.2) is 17.9 Å². The van der Waals surface area contributed by atoms with Gasteiger partial charge in [0.05, 0.1) is 0 Å². The molecule has 0 radical (unpaired) electrons. The highest BCUT2D eigenvalue weighted by atomic mass is 79.9. The Labute approximate surface area is 172 Å². The standard InChI is InChI=1S/C21H20BrFN2O2S/c22-16-3-1-2-15(11-16)18-12-25-20(10-13-4-5-13)17(18)8-14-6-7-21(19(23)9-14)28(24,26)27/h1-3,6-7,9,11-13,25H,4-5,8,10H2,(H2,24,26,27). The topological polar surface area (TPSA) is 76.0 Å². The molecule has 1 aliphatic rings. The van der Waals surface area contributed by atoms with Gasteiger partial charge in [-0.3, -0.25) is 0 Å². The first-order valence-corrected chi connectivity index (χ1v) is 11.4. The lowest BCUT2D eigenvalue weighted by Gasteiger charge is -2.10. The number of aromatic nitrogens is 1. The maximum atomic E-state index is 14.3. The van der Waals surface area contributed by atoms with Gasteiger partial charge in [-0.2, -0.15) is 0 Å². The van der Waals surface area contributed by atoms with Gasteiger partial charge in [-0.1, -0.05) is 34.1 Å². The third kappa shape index (κ3) is 4.21. The summed E-state index contributed by atoms with van der Waals surface area (Å²) in [5.74, 6) is -0.113. The molecule has 4 rings (SSSR count). The number of hydrogen-bond acceptors (Lipinski definition) is 2. The van der Waals surface area contributed by atoms with Gasteiger partial charge in [0.25, 0.3) is 0 Å². The average Bonchev–Trinajstić information content (AvgIpc) is 3.35. The fraction of sp³-hybridized carbons (Fsp3) is 0.238. The molecule has 4 nitrogen and oxygen atoms in total. The van der Waals surface area contributed by atoms with Crippen LogP contribution in [0.4, 0.5) is 4.39 Å². The summed E-state index contributed by atoms with van der Waals surface area (Å²) in [7, 11) is -4.07. The van der Waals surface area contributed by atoms with Gasteiger partial charge in [0, 0.05) is 21.9 Å². The highest BCUT2D eigenvalue weighted by Crippen LogP contribution is 2.37. The lowest BCUT2D eigenvalue weighted by atomic mass is 9.95. The largest absolute Gasteiger partial charge is 0.364 e. The van der Waals surface area contributed by atoms with E-state index in [2.05, 4.69) is 27.0 Å². The SMILES string of the molecule is NS(=O)(=O)c1ccc(Cc2c(-c3cccc(Br)c3)c[nH]c2CC2CC2)cc1F. The molecule has 1 heterocycles. The molecule has 1 aliphatic carbocycles. The number of benzene rings is 2. The number of sulfonamides is 1. The molecule has 146 valence electrons. The van der Waals surface area contributed by atoms with E-state index in [0.29, 0.717) is 17.9 Å². The van der Waals surface area contributed by atoms with Crippen molar-refractivity contribution in [3.63, 3.8) is 0 Å². The van der Waals surface area contributed by atoms with Crippen LogP contribution in [0.15, 0.2) is 58.0 Å². The molecule has 0 spiro atoms. The van der Waals surface area contributed by atoms with Gasteiger partial charge in [0.2, 0.25) is 10.0 Å². The zero-order chi connectivity index (χ0) is 19.9. The number of H-pyrrole nitrogens is 1. The maximum Gasteiger partial charge on any atom is 0.240 e. The third-order valence-electron chi connectivity index (χ3n) is 5.09. The summed E-state index contributed by atoms with van der Waals surface area (Å²) in [6.45, 7) is 0. The van der Waals surface area contributed by atoms with Crippen molar-refractivity contribution < 1.29 is 12.8 Å². The van der Waals surface area contributed by atoms with Crippen LogP contribution in [0.2, 0.25) is 0 Å². The van der Waals surface area contributed by atoms with Crippen LogP contribution < -0.4 is 5.14 Å². The van der Waals surface area contributed by atoms with E-state index in [1.54, 1.807) is 6.07 Å². The van der Waals surface area contributed by atoms with E-state index in [1.165, 1.54) is 25.0 Å². The number of aromatic amines is 1. The number of halogens is 2. The molecule has 0 unspecified atom stereocenters. The smallest absolute Gasteiger partial charge is 0.240 e. The predicted octanol–water partition coefficient (Wildman–Crippen LogP) is 4.77. The van der Waals surface area contributed by atoms with Gasteiger partial charge in [-0.05, 0) is 72.6 Å². The predicted molar refractivity (Wildman–Crippen MR) is 111 cm³/mol. The van der Waals surface area contributed by atoms with E-state index >= 15 is 0 Å². The summed E-state index contributed by atoms with van der Waals surface area (Å²) in [6.07, 6.45) is 5.96. The van der Waals surface area contributed by atoms with Gasteiger partial charge in [0.1, 0.15) is 10.7 Å². The van der Waals surface area contributed by atoms with E-state index in [4.69, 9.17) is 5.14 Å². The molecular weight excluding hydrogens is 443 g/mol. The Morgan fingerprint density at radius 3 is 2.61 bits per heavy atom. The van der Waals surface area contributed by atoms with E-state index < -0.39 is 20.7 Å². The second-order valence-corrected chi connectivity index (χ2v) is 9.75. The summed E-state index contributed by atoms with van der Waals surface area (Å²) >= 11 is 3.52. The third-order valence-corrected chi connectivity index (χ3v) is 6.53. The fourth-order valence-electron chi connectivity index (χ4n) is 3.49. The van der Waals surface area contributed by atoms with Crippen molar-refractivity contribution in [3.8, 4) is 11.1 Å². The molecule has 1 fully saturated rings. The fourth-order valence-corrected chi connectivity index (χ4v) is 4.48. The molecular formula is C21H20BrFN2O2S. The number of nitrogens with two attached hydrogens (primary N) is 1. The Morgan fingerprint density at radius 1 is 1.18 bits per heavy atom. The Balaban J connectivity index is 1.73. The van der Waals surface area contributed by atoms with Crippen LogP contribution in [-0.4, -0.2) is 13.4 Å². The van der Waals surface area contributed by atoms with Crippen molar-refractivity contribution in [1.29, 1.82) is 0 Å². The highest BCUT2D eigenvalue weighted by Gasteiger charge is 2.25. The first kappa shape index (κ1) is 19.4. The van der Waals surface area contributed by atoms with Crippen LogP contribution >= 0.6 is 15.9 Å². The molecule has 1 saturated carbocycles. The molecule has 3 N–H and O–H groups in total. The van der Waals surface area contributed by atoms with Crippen LogP contribution in [0.25, 0.3) is 11.1 Å². The molecule has 28 heavy (non-hydrogen) atoms. The van der Waals surface area contributed by atoms with Gasteiger partial charge < -0.3 is 4.98 Å². The van der Waals surface area contributed by atoms with Crippen LogP contribution in [0.5, 0.6) is 0 Å². The maximum absolute atomic E-state index is 14.3. The summed E-state index contributed by atoms with van der Waals surface area (Å²) in [5, 5.41) is 5.07. The van der Waals surface area contributed by atoms with E-state index in [-0.39, 0.29) is 0 Å². The lowest BCUT2D eigenvalue weighted by Crippen LogP contribution is -2.14. The Morgan fingerprint density at radius 2 is 1.96 bits per heavy atom. The van der Waals surface area contributed by atoms with E-state index in [0.717, 1.165) is 33.3 Å². The summed E-state index contributed by atoms with van der Waals surface area (Å²) < 4.78 is 38.2. The van der Waals surface area contributed by atoms with Crippen molar-refractivity contribution in [1.82, 2.24) is 4.98 Å². The molecule has 0 aliphatic heterocycles. The number of hydrogen-bond donors (Lipinski definition) is 2. The van der Waals surface area contributed by atoms with E-state index in [9.17, 15) is 12.8 Å². The summed E-state index contributed by atoms with van der Waals surface area (Å²) in [4.78, 5) is 2.93. The molecule has 0 saturated heterocycles. The van der Waals surface area contributed by atoms with Gasteiger partial charge in [-0.15, -0.1) is 0 Å². The Bertz CT molecular complexity index is 1140. The first-order chi connectivity index (χ1) is 13.3. The zero-order valence-electron chi connectivity index (χ0n) is 15.1. The molecule has 0 atom stereocenters. The second-order valence-electron chi connectivity index (χ2n) is 7.30. The monoisotopic (exact) mass is 462 g/mol. The number of rotatable bonds is 6.